The zero-order valence-electron chi connectivity index (χ0n) is 12.4. The van der Waals surface area contributed by atoms with Crippen LogP contribution in [0.1, 0.15) is 26.7 Å². The van der Waals surface area contributed by atoms with E-state index in [4.69, 9.17) is 0 Å². The Labute approximate surface area is 117 Å². The first-order valence-electron chi connectivity index (χ1n) is 7.64. The molecule has 1 aliphatic rings. The van der Waals surface area contributed by atoms with E-state index in [-0.39, 0.29) is 0 Å². The van der Waals surface area contributed by atoms with E-state index in [9.17, 15) is 0 Å². The molecular weight excluding hydrogens is 236 g/mol. The van der Waals surface area contributed by atoms with Crippen molar-refractivity contribution in [3.8, 4) is 0 Å². The van der Waals surface area contributed by atoms with Gasteiger partial charge in [-0.15, -0.1) is 0 Å². The Morgan fingerprint density at radius 3 is 3.00 bits per heavy atom. The second kappa shape index (κ2) is 7.65. The summed E-state index contributed by atoms with van der Waals surface area (Å²) in [7, 11) is 0. The molecule has 2 rings (SSSR count). The molecule has 1 aromatic rings. The highest BCUT2D eigenvalue weighted by Crippen LogP contribution is 2.15. The molecule has 108 valence electrons. The van der Waals surface area contributed by atoms with E-state index < -0.39 is 0 Å². The first-order valence-corrected chi connectivity index (χ1v) is 7.64. The van der Waals surface area contributed by atoms with E-state index in [1.54, 1.807) is 0 Å². The normalized spacial score (nSPS) is 21.1. The number of likely N-dealkylation sites (tertiary alicyclic amines) is 1. The molecule has 0 aromatic carbocycles. The van der Waals surface area contributed by atoms with Gasteiger partial charge in [-0.05, 0) is 50.4 Å². The lowest BCUT2D eigenvalue weighted by atomic mass is 9.98. The molecule has 1 unspecified atom stereocenters. The van der Waals surface area contributed by atoms with Gasteiger partial charge in [0.15, 0.2) is 0 Å². The van der Waals surface area contributed by atoms with Gasteiger partial charge in [-0.2, -0.15) is 5.10 Å². The minimum atomic E-state index is 0.750. The number of hydrogen-bond donors (Lipinski definition) is 1. The number of nitrogens with one attached hydrogen (secondary N) is 1. The van der Waals surface area contributed by atoms with Crippen molar-refractivity contribution in [2.45, 2.75) is 33.2 Å². The summed E-state index contributed by atoms with van der Waals surface area (Å²) in [6, 6.07) is 1.99. The fourth-order valence-electron chi connectivity index (χ4n) is 2.77. The molecule has 0 aliphatic carbocycles. The average Bonchev–Trinajstić information content (AvgIpc) is 2.89. The van der Waals surface area contributed by atoms with E-state index in [0.29, 0.717) is 0 Å². The van der Waals surface area contributed by atoms with Gasteiger partial charge in [0.1, 0.15) is 0 Å². The van der Waals surface area contributed by atoms with Crippen LogP contribution < -0.4 is 5.32 Å². The Kier molecular flexibility index (Phi) is 5.86. The maximum Gasteiger partial charge on any atom is 0.0536 e. The van der Waals surface area contributed by atoms with Crippen molar-refractivity contribution in [2.24, 2.45) is 11.8 Å². The van der Waals surface area contributed by atoms with Crippen LogP contribution in [0.15, 0.2) is 18.5 Å². The summed E-state index contributed by atoms with van der Waals surface area (Å²) >= 11 is 0. The van der Waals surface area contributed by atoms with Gasteiger partial charge < -0.3 is 10.2 Å². The molecule has 1 saturated heterocycles. The van der Waals surface area contributed by atoms with Crippen LogP contribution >= 0.6 is 0 Å². The SMILES string of the molecule is CC(C)CNCC1CCCN(CCn2cccn2)C1. The Hall–Kier alpha value is -0.870. The highest BCUT2D eigenvalue weighted by atomic mass is 15.3. The molecule has 2 heterocycles. The molecule has 1 fully saturated rings. The summed E-state index contributed by atoms with van der Waals surface area (Å²) in [5.41, 5.74) is 0. The highest BCUT2D eigenvalue weighted by molar-refractivity contribution is 4.79. The topological polar surface area (TPSA) is 33.1 Å². The minimum absolute atomic E-state index is 0.750. The van der Waals surface area contributed by atoms with Gasteiger partial charge in [-0.1, -0.05) is 13.8 Å². The summed E-state index contributed by atoms with van der Waals surface area (Å²) in [6.45, 7) is 11.5. The molecule has 0 amide bonds. The van der Waals surface area contributed by atoms with Crippen molar-refractivity contribution >= 4 is 0 Å². The Morgan fingerprint density at radius 2 is 2.26 bits per heavy atom. The van der Waals surface area contributed by atoms with Crippen LogP contribution in [-0.2, 0) is 6.54 Å². The predicted molar refractivity (Wildman–Crippen MR) is 79.1 cm³/mol. The van der Waals surface area contributed by atoms with Crippen LogP contribution in [0.4, 0.5) is 0 Å². The van der Waals surface area contributed by atoms with Crippen LogP contribution in [-0.4, -0.2) is 47.4 Å². The number of hydrogen-bond acceptors (Lipinski definition) is 3. The van der Waals surface area contributed by atoms with E-state index in [0.717, 1.165) is 31.5 Å². The number of piperidine rings is 1. The standard InChI is InChI=1S/C15H28N4/c1-14(2)11-16-12-15-5-3-7-18(13-15)9-10-19-8-4-6-17-19/h4,6,8,14-16H,3,5,7,9-13H2,1-2H3. The third kappa shape index (κ3) is 5.33. The molecule has 0 bridgehead atoms. The van der Waals surface area contributed by atoms with Crippen LogP contribution in [0.5, 0.6) is 0 Å². The van der Waals surface area contributed by atoms with Crippen molar-refractivity contribution in [3.05, 3.63) is 18.5 Å². The number of aromatic nitrogens is 2. The number of nitrogens with zero attached hydrogens (tertiary/aromatic N) is 3. The minimum Gasteiger partial charge on any atom is -0.316 e. The van der Waals surface area contributed by atoms with Gasteiger partial charge in [0, 0.05) is 25.5 Å². The van der Waals surface area contributed by atoms with E-state index >= 15 is 0 Å². The zero-order valence-corrected chi connectivity index (χ0v) is 12.4. The van der Waals surface area contributed by atoms with Crippen molar-refractivity contribution in [1.29, 1.82) is 0 Å². The molecule has 1 N–H and O–H groups in total. The summed E-state index contributed by atoms with van der Waals surface area (Å²) in [5.74, 6) is 1.57. The molecule has 0 radical (unpaired) electrons. The Bertz CT molecular complexity index is 334. The van der Waals surface area contributed by atoms with Gasteiger partial charge in [0.2, 0.25) is 0 Å². The van der Waals surface area contributed by atoms with Gasteiger partial charge in [-0.25, -0.2) is 0 Å². The Balaban J connectivity index is 1.65. The molecule has 4 heteroatoms. The van der Waals surface area contributed by atoms with Gasteiger partial charge in [-0.3, -0.25) is 4.68 Å². The van der Waals surface area contributed by atoms with E-state index in [1.807, 2.05) is 23.1 Å². The van der Waals surface area contributed by atoms with Crippen LogP contribution in [0.2, 0.25) is 0 Å². The second-order valence-corrected chi connectivity index (χ2v) is 6.13. The van der Waals surface area contributed by atoms with E-state index in [1.165, 1.54) is 32.5 Å². The maximum atomic E-state index is 4.27. The molecule has 4 nitrogen and oxygen atoms in total. The van der Waals surface area contributed by atoms with Gasteiger partial charge in [0.25, 0.3) is 0 Å². The first kappa shape index (κ1) is 14.5. The fraction of sp³-hybridized carbons (Fsp3) is 0.800. The van der Waals surface area contributed by atoms with Crippen molar-refractivity contribution in [1.82, 2.24) is 20.0 Å². The second-order valence-electron chi connectivity index (χ2n) is 6.13. The lowest BCUT2D eigenvalue weighted by Gasteiger charge is -2.33. The lowest BCUT2D eigenvalue weighted by molar-refractivity contribution is 0.165. The average molecular weight is 264 g/mol. The largest absolute Gasteiger partial charge is 0.316 e. The monoisotopic (exact) mass is 264 g/mol. The smallest absolute Gasteiger partial charge is 0.0536 e. The summed E-state index contributed by atoms with van der Waals surface area (Å²) in [5, 5.41) is 7.87. The zero-order chi connectivity index (χ0) is 13.5. The molecule has 1 aromatic heterocycles. The van der Waals surface area contributed by atoms with Crippen molar-refractivity contribution in [2.75, 3.05) is 32.7 Å². The predicted octanol–water partition coefficient (Wildman–Crippen LogP) is 1.84. The summed E-state index contributed by atoms with van der Waals surface area (Å²) < 4.78 is 2.03. The van der Waals surface area contributed by atoms with E-state index in [2.05, 4.69) is 29.2 Å². The first-order chi connectivity index (χ1) is 9.24. The van der Waals surface area contributed by atoms with Crippen molar-refractivity contribution < 1.29 is 0 Å². The fourth-order valence-corrected chi connectivity index (χ4v) is 2.77. The van der Waals surface area contributed by atoms with Crippen molar-refractivity contribution in [3.63, 3.8) is 0 Å². The van der Waals surface area contributed by atoms with Crippen LogP contribution in [0.25, 0.3) is 0 Å². The third-order valence-electron chi connectivity index (χ3n) is 3.79. The van der Waals surface area contributed by atoms with Gasteiger partial charge in [0.05, 0.1) is 6.54 Å². The molecule has 0 spiro atoms. The molecule has 1 atom stereocenters. The Morgan fingerprint density at radius 1 is 1.37 bits per heavy atom. The summed E-state index contributed by atoms with van der Waals surface area (Å²) in [6.07, 6.45) is 6.62. The molecule has 1 aliphatic heterocycles. The quantitative estimate of drug-likeness (QED) is 0.816. The van der Waals surface area contributed by atoms with Crippen LogP contribution in [0, 0.1) is 11.8 Å². The molecular formula is C15H28N4. The molecule has 19 heavy (non-hydrogen) atoms. The van der Waals surface area contributed by atoms with Gasteiger partial charge >= 0.3 is 0 Å². The number of rotatable bonds is 7. The molecule has 0 saturated carbocycles. The van der Waals surface area contributed by atoms with Crippen LogP contribution in [0.3, 0.4) is 0 Å². The summed E-state index contributed by atoms with van der Waals surface area (Å²) in [4.78, 5) is 2.59. The third-order valence-corrected chi connectivity index (χ3v) is 3.79. The highest BCUT2D eigenvalue weighted by Gasteiger charge is 2.19. The maximum absolute atomic E-state index is 4.27. The lowest BCUT2D eigenvalue weighted by Crippen LogP contribution is -2.41.